The van der Waals surface area contributed by atoms with Crippen LogP contribution in [0.15, 0.2) is 0 Å². The van der Waals surface area contributed by atoms with Crippen LogP contribution in [0.2, 0.25) is 0 Å². The number of rotatable bonds is 5. The molecule has 14 heavy (non-hydrogen) atoms. The van der Waals surface area contributed by atoms with E-state index in [9.17, 15) is 4.79 Å². The van der Waals surface area contributed by atoms with Crippen LogP contribution in [0.25, 0.3) is 0 Å². The maximum absolute atomic E-state index is 11.2. The van der Waals surface area contributed by atoms with Gasteiger partial charge in [-0.05, 0) is 24.7 Å². The Morgan fingerprint density at radius 3 is 1.86 bits per heavy atom. The highest BCUT2D eigenvalue weighted by Gasteiger charge is 2.19. The third-order valence-electron chi connectivity index (χ3n) is 2.59. The maximum atomic E-state index is 11.2. The van der Waals surface area contributed by atoms with E-state index in [4.69, 9.17) is 11.6 Å². The van der Waals surface area contributed by atoms with Crippen molar-refractivity contribution < 1.29 is 4.79 Å². The standard InChI is InChI=1S/C11H22ClNO/c1-7(2)10(8(3)4)6-13-11(14)9(5)12/h7-10H,6H2,1-5H3,(H,13,14). The molecule has 0 bridgehead atoms. The first-order valence-corrected chi connectivity index (χ1v) is 5.71. The molecule has 1 atom stereocenters. The van der Waals surface area contributed by atoms with Crippen molar-refractivity contribution in [1.82, 2.24) is 5.32 Å². The highest BCUT2D eigenvalue weighted by molar-refractivity contribution is 6.30. The van der Waals surface area contributed by atoms with Crippen LogP contribution in [0.1, 0.15) is 34.6 Å². The summed E-state index contributed by atoms with van der Waals surface area (Å²) >= 11 is 5.66. The smallest absolute Gasteiger partial charge is 0.237 e. The quantitative estimate of drug-likeness (QED) is 0.708. The van der Waals surface area contributed by atoms with E-state index in [0.717, 1.165) is 6.54 Å². The summed E-state index contributed by atoms with van der Waals surface area (Å²) in [6.45, 7) is 11.1. The number of hydrogen-bond donors (Lipinski definition) is 1. The van der Waals surface area contributed by atoms with E-state index >= 15 is 0 Å². The molecule has 0 aliphatic carbocycles. The molecule has 1 unspecified atom stereocenters. The van der Waals surface area contributed by atoms with Crippen LogP contribution in [-0.2, 0) is 4.79 Å². The average Bonchev–Trinajstić information content (AvgIpc) is 2.02. The zero-order valence-electron chi connectivity index (χ0n) is 9.80. The first-order chi connectivity index (χ1) is 6.36. The lowest BCUT2D eigenvalue weighted by molar-refractivity contribution is -0.120. The molecule has 0 spiro atoms. The molecule has 0 aliphatic rings. The predicted octanol–water partition coefficient (Wildman–Crippen LogP) is 2.66. The minimum absolute atomic E-state index is 0.0713. The van der Waals surface area contributed by atoms with Crippen LogP contribution in [0.3, 0.4) is 0 Å². The Labute approximate surface area is 92.4 Å². The Morgan fingerprint density at radius 2 is 1.57 bits per heavy atom. The normalized spacial score (nSPS) is 13.8. The molecule has 1 amide bonds. The lowest BCUT2D eigenvalue weighted by atomic mass is 9.85. The molecule has 84 valence electrons. The van der Waals surface area contributed by atoms with Gasteiger partial charge in [0.2, 0.25) is 5.91 Å². The van der Waals surface area contributed by atoms with Gasteiger partial charge in [-0.25, -0.2) is 0 Å². The summed E-state index contributed by atoms with van der Waals surface area (Å²) in [6, 6.07) is 0. The van der Waals surface area contributed by atoms with E-state index in [1.165, 1.54) is 0 Å². The predicted molar refractivity (Wildman–Crippen MR) is 61.5 cm³/mol. The van der Waals surface area contributed by atoms with E-state index in [-0.39, 0.29) is 5.91 Å². The summed E-state index contributed by atoms with van der Waals surface area (Å²) in [4.78, 5) is 11.2. The highest BCUT2D eigenvalue weighted by atomic mass is 35.5. The fraction of sp³-hybridized carbons (Fsp3) is 0.909. The SMILES string of the molecule is CC(Cl)C(=O)NCC(C(C)C)C(C)C. The van der Waals surface area contributed by atoms with Crippen LogP contribution < -0.4 is 5.32 Å². The van der Waals surface area contributed by atoms with E-state index in [0.29, 0.717) is 17.8 Å². The van der Waals surface area contributed by atoms with Crippen molar-refractivity contribution in [3.63, 3.8) is 0 Å². The summed E-state index contributed by atoms with van der Waals surface area (Å²) in [6.07, 6.45) is 0. The van der Waals surface area contributed by atoms with Crippen LogP contribution in [0.5, 0.6) is 0 Å². The summed E-state index contributed by atoms with van der Waals surface area (Å²) in [7, 11) is 0. The van der Waals surface area contributed by atoms with Gasteiger partial charge in [-0.15, -0.1) is 11.6 Å². The fourth-order valence-corrected chi connectivity index (χ4v) is 1.68. The Hall–Kier alpha value is -0.240. The van der Waals surface area contributed by atoms with Gasteiger partial charge in [0.1, 0.15) is 5.38 Å². The van der Waals surface area contributed by atoms with Gasteiger partial charge >= 0.3 is 0 Å². The van der Waals surface area contributed by atoms with Crippen LogP contribution in [-0.4, -0.2) is 17.8 Å². The molecule has 0 aliphatic heterocycles. The van der Waals surface area contributed by atoms with Crippen molar-refractivity contribution in [2.45, 2.75) is 40.0 Å². The van der Waals surface area contributed by atoms with Gasteiger partial charge in [0.05, 0.1) is 0 Å². The number of halogens is 1. The van der Waals surface area contributed by atoms with Crippen molar-refractivity contribution in [3.8, 4) is 0 Å². The third kappa shape index (κ3) is 4.85. The molecule has 0 aromatic rings. The van der Waals surface area contributed by atoms with Crippen LogP contribution in [0.4, 0.5) is 0 Å². The minimum Gasteiger partial charge on any atom is -0.355 e. The molecular formula is C11H22ClNO. The topological polar surface area (TPSA) is 29.1 Å². The zero-order chi connectivity index (χ0) is 11.3. The first kappa shape index (κ1) is 13.8. The first-order valence-electron chi connectivity index (χ1n) is 5.28. The van der Waals surface area contributed by atoms with Gasteiger partial charge in [-0.1, -0.05) is 27.7 Å². The molecular weight excluding hydrogens is 198 g/mol. The van der Waals surface area contributed by atoms with Crippen molar-refractivity contribution in [3.05, 3.63) is 0 Å². The highest BCUT2D eigenvalue weighted by Crippen LogP contribution is 2.19. The number of hydrogen-bond acceptors (Lipinski definition) is 1. The van der Waals surface area contributed by atoms with Crippen LogP contribution in [0, 0.1) is 17.8 Å². The van der Waals surface area contributed by atoms with Crippen LogP contribution >= 0.6 is 11.6 Å². The van der Waals surface area contributed by atoms with Gasteiger partial charge < -0.3 is 5.32 Å². The summed E-state index contributed by atoms with van der Waals surface area (Å²) in [5.74, 6) is 1.62. The van der Waals surface area contributed by atoms with Crippen molar-refractivity contribution in [2.24, 2.45) is 17.8 Å². The molecule has 0 heterocycles. The van der Waals surface area contributed by atoms with E-state index in [2.05, 4.69) is 33.0 Å². The maximum Gasteiger partial charge on any atom is 0.237 e. The van der Waals surface area contributed by atoms with Gasteiger partial charge in [-0.2, -0.15) is 0 Å². The van der Waals surface area contributed by atoms with E-state index < -0.39 is 5.38 Å². The lowest BCUT2D eigenvalue weighted by Crippen LogP contribution is -2.37. The summed E-state index contributed by atoms with van der Waals surface area (Å²) < 4.78 is 0. The van der Waals surface area contributed by atoms with E-state index in [1.807, 2.05) is 0 Å². The average molecular weight is 220 g/mol. The Morgan fingerprint density at radius 1 is 1.14 bits per heavy atom. The largest absolute Gasteiger partial charge is 0.355 e. The third-order valence-corrected chi connectivity index (χ3v) is 2.78. The molecule has 0 radical (unpaired) electrons. The van der Waals surface area contributed by atoms with Gasteiger partial charge in [0.15, 0.2) is 0 Å². The Kier molecular flexibility index (Phi) is 6.17. The fourth-order valence-electron chi connectivity index (χ4n) is 1.60. The minimum atomic E-state index is -0.435. The summed E-state index contributed by atoms with van der Waals surface area (Å²) in [5.41, 5.74) is 0. The number of carbonyl (C=O) groups excluding carboxylic acids is 1. The van der Waals surface area contributed by atoms with Crippen molar-refractivity contribution in [1.29, 1.82) is 0 Å². The molecule has 0 saturated heterocycles. The second-order valence-corrected chi connectivity index (χ2v) is 5.17. The molecule has 0 fully saturated rings. The van der Waals surface area contributed by atoms with Gasteiger partial charge in [0, 0.05) is 6.54 Å². The van der Waals surface area contributed by atoms with Crippen molar-refractivity contribution in [2.75, 3.05) is 6.54 Å². The van der Waals surface area contributed by atoms with Gasteiger partial charge in [-0.3, -0.25) is 4.79 Å². The molecule has 0 aromatic heterocycles. The second-order valence-electron chi connectivity index (χ2n) is 4.51. The number of amides is 1. The number of carbonyl (C=O) groups is 1. The Bertz CT molecular complexity index is 170. The molecule has 0 saturated carbocycles. The van der Waals surface area contributed by atoms with Gasteiger partial charge in [0.25, 0.3) is 0 Å². The lowest BCUT2D eigenvalue weighted by Gasteiger charge is -2.25. The zero-order valence-corrected chi connectivity index (χ0v) is 10.6. The molecule has 3 heteroatoms. The molecule has 0 rings (SSSR count). The second kappa shape index (κ2) is 6.28. The van der Waals surface area contributed by atoms with E-state index in [1.54, 1.807) is 6.92 Å². The summed E-state index contributed by atoms with van der Waals surface area (Å²) in [5, 5.41) is 2.44. The molecule has 0 aromatic carbocycles. The molecule has 2 nitrogen and oxygen atoms in total. The molecule has 1 N–H and O–H groups in total. The Balaban J connectivity index is 4.01. The number of alkyl halides is 1. The van der Waals surface area contributed by atoms with Crippen molar-refractivity contribution >= 4 is 17.5 Å². The monoisotopic (exact) mass is 219 g/mol. The number of nitrogens with one attached hydrogen (secondary N) is 1.